The highest BCUT2D eigenvalue weighted by molar-refractivity contribution is 5.84. The molecule has 1 aliphatic heterocycles. The van der Waals surface area contributed by atoms with Crippen LogP contribution in [0.5, 0.6) is 0 Å². The molecule has 0 spiro atoms. The third-order valence-electron chi connectivity index (χ3n) is 6.56. The number of alkyl halides is 6. The lowest BCUT2D eigenvalue weighted by atomic mass is 9.80. The van der Waals surface area contributed by atoms with Crippen LogP contribution in [0.1, 0.15) is 43.7 Å². The van der Waals surface area contributed by atoms with Gasteiger partial charge in [0.15, 0.2) is 0 Å². The van der Waals surface area contributed by atoms with Gasteiger partial charge in [-0.15, -0.1) is 0 Å². The Balaban J connectivity index is 1.56. The summed E-state index contributed by atoms with van der Waals surface area (Å²) in [5, 5.41) is 5.56. The normalized spacial score (nSPS) is 18.9. The zero-order valence-electron chi connectivity index (χ0n) is 20.1. The Bertz CT molecular complexity index is 1080. The molecule has 2 aromatic carbocycles. The van der Waals surface area contributed by atoms with E-state index in [1.807, 2.05) is 0 Å². The molecule has 3 rings (SSSR count). The largest absolute Gasteiger partial charge is 0.418 e. The molecule has 1 saturated heterocycles. The molecule has 0 aliphatic carbocycles. The Morgan fingerprint density at radius 2 is 1.70 bits per heavy atom. The van der Waals surface area contributed by atoms with Crippen molar-refractivity contribution < 1.29 is 40.7 Å². The second-order valence-electron chi connectivity index (χ2n) is 9.21. The molecule has 1 heterocycles. The van der Waals surface area contributed by atoms with E-state index in [1.165, 1.54) is 18.2 Å². The van der Waals surface area contributed by atoms with Gasteiger partial charge in [-0.05, 0) is 56.0 Å². The fourth-order valence-electron chi connectivity index (χ4n) is 4.17. The van der Waals surface area contributed by atoms with Gasteiger partial charge in [0, 0.05) is 25.3 Å². The van der Waals surface area contributed by atoms with E-state index in [0.29, 0.717) is 24.3 Å². The van der Waals surface area contributed by atoms with Crippen molar-refractivity contribution in [3.05, 3.63) is 59.7 Å². The number of benzene rings is 2. The standard InChI is InChI=1S/C26H28F6N2O3/c1-17(25(27,28)29)22(35)7-4-12-24(13-14-37-16-24)23(36)33-15-18-8-10-19(11-9-18)34-21-6-3-2-5-20(21)26(30,31)32/h2-3,5-6,8-11,17,34H,4,7,12-16H2,1H3,(H,33,36). The highest BCUT2D eigenvalue weighted by atomic mass is 19.4. The monoisotopic (exact) mass is 530 g/mol. The fraction of sp³-hybridized carbons (Fsp3) is 0.462. The minimum Gasteiger partial charge on any atom is -0.380 e. The second kappa shape index (κ2) is 11.5. The number of Topliss-reactive ketones (excluding diaryl/α,β-unsaturated/α-hetero) is 1. The maximum absolute atomic E-state index is 13.2. The summed E-state index contributed by atoms with van der Waals surface area (Å²) in [5.41, 5.74) is -0.659. The zero-order chi connectivity index (χ0) is 27.3. The Hall–Kier alpha value is -3.08. The van der Waals surface area contributed by atoms with E-state index in [9.17, 15) is 35.9 Å². The van der Waals surface area contributed by atoms with E-state index in [-0.39, 0.29) is 44.0 Å². The molecule has 1 amide bonds. The van der Waals surface area contributed by atoms with E-state index in [4.69, 9.17) is 4.74 Å². The summed E-state index contributed by atoms with van der Waals surface area (Å²) in [5.74, 6) is -3.27. The molecule has 0 aromatic heterocycles. The lowest BCUT2D eigenvalue weighted by Crippen LogP contribution is -2.41. The van der Waals surface area contributed by atoms with Crippen LogP contribution in [0.15, 0.2) is 48.5 Å². The first-order valence-electron chi connectivity index (χ1n) is 11.8. The van der Waals surface area contributed by atoms with Gasteiger partial charge < -0.3 is 15.4 Å². The maximum Gasteiger partial charge on any atom is 0.418 e. The first-order valence-corrected chi connectivity index (χ1v) is 11.8. The van der Waals surface area contributed by atoms with Crippen LogP contribution >= 0.6 is 0 Å². The van der Waals surface area contributed by atoms with Crippen molar-refractivity contribution in [2.45, 2.75) is 51.5 Å². The highest BCUT2D eigenvalue weighted by Gasteiger charge is 2.43. The second-order valence-corrected chi connectivity index (χ2v) is 9.21. The molecule has 2 N–H and O–H groups in total. The van der Waals surface area contributed by atoms with Crippen LogP contribution in [0, 0.1) is 11.3 Å². The van der Waals surface area contributed by atoms with Gasteiger partial charge in [-0.1, -0.05) is 24.3 Å². The van der Waals surface area contributed by atoms with Crippen molar-refractivity contribution in [2.24, 2.45) is 11.3 Å². The molecule has 2 aromatic rings. The van der Waals surface area contributed by atoms with Crippen molar-refractivity contribution in [3.63, 3.8) is 0 Å². The molecule has 37 heavy (non-hydrogen) atoms. The summed E-state index contributed by atoms with van der Waals surface area (Å²) in [6.45, 7) is 1.42. The predicted molar refractivity (Wildman–Crippen MR) is 125 cm³/mol. The molecular weight excluding hydrogens is 502 g/mol. The van der Waals surface area contributed by atoms with E-state index in [0.717, 1.165) is 13.0 Å². The highest BCUT2D eigenvalue weighted by Crippen LogP contribution is 2.37. The SMILES string of the molecule is CC(C(=O)CCCC1(C(=O)NCc2ccc(Nc3ccccc3C(F)(F)F)cc2)CCOC1)C(F)(F)F. The lowest BCUT2D eigenvalue weighted by molar-refractivity contribution is -0.177. The summed E-state index contributed by atoms with van der Waals surface area (Å²) < 4.78 is 83.2. The predicted octanol–water partition coefficient (Wildman–Crippen LogP) is 6.41. The molecule has 0 saturated carbocycles. The number of ether oxygens (including phenoxy) is 1. The number of carbonyl (C=O) groups excluding carboxylic acids is 2. The van der Waals surface area contributed by atoms with Crippen LogP contribution in [-0.2, 0) is 27.0 Å². The van der Waals surface area contributed by atoms with Crippen LogP contribution in [0.2, 0.25) is 0 Å². The first-order chi connectivity index (χ1) is 17.3. The topological polar surface area (TPSA) is 67.4 Å². The number of carbonyl (C=O) groups is 2. The summed E-state index contributed by atoms with van der Waals surface area (Å²) in [7, 11) is 0. The van der Waals surface area contributed by atoms with Crippen LogP contribution in [0.25, 0.3) is 0 Å². The van der Waals surface area contributed by atoms with Gasteiger partial charge in [-0.25, -0.2) is 0 Å². The number of amides is 1. The number of hydrogen-bond acceptors (Lipinski definition) is 4. The Morgan fingerprint density at radius 1 is 1.03 bits per heavy atom. The van der Waals surface area contributed by atoms with Gasteiger partial charge in [0.05, 0.1) is 23.3 Å². The molecule has 1 fully saturated rings. The minimum absolute atomic E-state index is 0.0812. The van der Waals surface area contributed by atoms with Crippen molar-refractivity contribution in [3.8, 4) is 0 Å². The molecule has 202 valence electrons. The summed E-state index contributed by atoms with van der Waals surface area (Å²) in [6.07, 6.45) is -8.62. The molecule has 0 bridgehead atoms. The molecule has 2 atom stereocenters. The van der Waals surface area contributed by atoms with E-state index in [1.54, 1.807) is 24.3 Å². The number of rotatable bonds is 10. The van der Waals surface area contributed by atoms with E-state index >= 15 is 0 Å². The smallest absolute Gasteiger partial charge is 0.380 e. The van der Waals surface area contributed by atoms with Crippen LogP contribution in [0.4, 0.5) is 37.7 Å². The molecule has 11 heteroatoms. The summed E-state index contributed by atoms with van der Waals surface area (Å²) >= 11 is 0. The summed E-state index contributed by atoms with van der Waals surface area (Å²) in [6, 6.07) is 11.6. The zero-order valence-corrected chi connectivity index (χ0v) is 20.1. The van der Waals surface area contributed by atoms with Gasteiger partial charge in [0.1, 0.15) is 11.7 Å². The van der Waals surface area contributed by atoms with Crippen molar-refractivity contribution in [2.75, 3.05) is 18.5 Å². The number of hydrogen-bond donors (Lipinski definition) is 2. The number of halogens is 6. The lowest BCUT2D eigenvalue weighted by Gasteiger charge is -2.26. The van der Waals surface area contributed by atoms with Gasteiger partial charge >= 0.3 is 12.4 Å². The molecular formula is C26H28F6N2O3. The van der Waals surface area contributed by atoms with Crippen molar-refractivity contribution in [1.29, 1.82) is 0 Å². The minimum atomic E-state index is -4.59. The van der Waals surface area contributed by atoms with E-state index < -0.39 is 35.0 Å². The number of para-hydroxylation sites is 1. The molecule has 0 radical (unpaired) electrons. The van der Waals surface area contributed by atoms with Crippen LogP contribution in [-0.4, -0.2) is 31.1 Å². The third kappa shape index (κ3) is 7.47. The Morgan fingerprint density at radius 3 is 2.30 bits per heavy atom. The van der Waals surface area contributed by atoms with Crippen LogP contribution in [0.3, 0.4) is 0 Å². The Kier molecular flexibility index (Phi) is 8.88. The number of anilines is 2. The van der Waals surface area contributed by atoms with Crippen LogP contribution < -0.4 is 10.6 Å². The molecule has 5 nitrogen and oxygen atoms in total. The first kappa shape index (κ1) is 28.5. The average molecular weight is 531 g/mol. The Labute approximate surface area is 210 Å². The molecule has 2 unspecified atom stereocenters. The van der Waals surface area contributed by atoms with Gasteiger partial charge in [-0.3, -0.25) is 9.59 Å². The third-order valence-corrected chi connectivity index (χ3v) is 6.56. The number of nitrogens with one attached hydrogen (secondary N) is 2. The van der Waals surface area contributed by atoms with Gasteiger partial charge in [0.25, 0.3) is 0 Å². The fourth-order valence-corrected chi connectivity index (χ4v) is 4.17. The quantitative estimate of drug-likeness (QED) is 0.349. The van der Waals surface area contributed by atoms with Crippen molar-refractivity contribution >= 4 is 23.1 Å². The van der Waals surface area contributed by atoms with Crippen molar-refractivity contribution in [1.82, 2.24) is 5.32 Å². The number of ketones is 1. The maximum atomic E-state index is 13.2. The average Bonchev–Trinajstić information content (AvgIpc) is 3.32. The molecule has 1 aliphatic rings. The van der Waals surface area contributed by atoms with Gasteiger partial charge in [0.2, 0.25) is 5.91 Å². The van der Waals surface area contributed by atoms with Gasteiger partial charge in [-0.2, -0.15) is 26.3 Å². The van der Waals surface area contributed by atoms with E-state index in [2.05, 4.69) is 10.6 Å². The summed E-state index contributed by atoms with van der Waals surface area (Å²) in [4.78, 5) is 24.8.